The van der Waals surface area contributed by atoms with E-state index in [4.69, 9.17) is 0 Å². The SMILES string of the molecule is CC(C)c1ccc(NC(=O)c2ccc(-c3ncccc3F)cc2)cc1. The summed E-state index contributed by atoms with van der Waals surface area (Å²) in [7, 11) is 0. The summed E-state index contributed by atoms with van der Waals surface area (Å²) in [5.74, 6) is -0.139. The fraction of sp³-hybridized carbons (Fsp3) is 0.143. The number of anilines is 1. The zero-order chi connectivity index (χ0) is 17.8. The number of halogens is 1. The van der Waals surface area contributed by atoms with Gasteiger partial charge in [0.1, 0.15) is 11.5 Å². The molecule has 0 unspecified atom stereocenters. The summed E-state index contributed by atoms with van der Waals surface area (Å²) >= 11 is 0. The number of carbonyl (C=O) groups excluding carboxylic acids is 1. The fourth-order valence-electron chi connectivity index (χ4n) is 2.53. The lowest BCUT2D eigenvalue weighted by Gasteiger charge is -2.09. The highest BCUT2D eigenvalue weighted by Crippen LogP contribution is 2.21. The first-order chi connectivity index (χ1) is 12.0. The Bertz CT molecular complexity index is 871. The Morgan fingerprint density at radius 3 is 2.28 bits per heavy atom. The highest BCUT2D eigenvalue weighted by Gasteiger charge is 2.09. The van der Waals surface area contributed by atoms with Crippen molar-refractivity contribution < 1.29 is 9.18 Å². The van der Waals surface area contributed by atoms with E-state index in [1.165, 1.54) is 11.6 Å². The third kappa shape index (κ3) is 3.91. The molecule has 2 aromatic carbocycles. The number of hydrogen-bond acceptors (Lipinski definition) is 2. The smallest absolute Gasteiger partial charge is 0.255 e. The first kappa shape index (κ1) is 16.8. The fourth-order valence-corrected chi connectivity index (χ4v) is 2.53. The summed E-state index contributed by atoms with van der Waals surface area (Å²) in [6.45, 7) is 4.25. The van der Waals surface area contributed by atoms with Gasteiger partial charge in [-0.25, -0.2) is 4.39 Å². The highest BCUT2D eigenvalue weighted by molar-refractivity contribution is 6.04. The van der Waals surface area contributed by atoms with Crippen molar-refractivity contribution in [3.8, 4) is 11.3 Å². The number of carbonyl (C=O) groups is 1. The van der Waals surface area contributed by atoms with Crippen LogP contribution in [0.2, 0.25) is 0 Å². The van der Waals surface area contributed by atoms with E-state index in [0.717, 1.165) is 5.69 Å². The number of rotatable bonds is 4. The molecule has 0 aliphatic heterocycles. The molecule has 1 amide bonds. The second-order valence-corrected chi connectivity index (χ2v) is 6.14. The minimum atomic E-state index is -0.384. The first-order valence-corrected chi connectivity index (χ1v) is 8.17. The Labute approximate surface area is 146 Å². The van der Waals surface area contributed by atoms with Crippen LogP contribution in [0.4, 0.5) is 10.1 Å². The average Bonchev–Trinajstić information content (AvgIpc) is 2.63. The Balaban J connectivity index is 1.73. The summed E-state index contributed by atoms with van der Waals surface area (Å²) in [6.07, 6.45) is 1.54. The Morgan fingerprint density at radius 2 is 1.68 bits per heavy atom. The van der Waals surface area contributed by atoms with E-state index < -0.39 is 0 Å². The van der Waals surface area contributed by atoms with Crippen molar-refractivity contribution in [2.24, 2.45) is 0 Å². The predicted octanol–water partition coefficient (Wildman–Crippen LogP) is 5.26. The molecule has 1 N–H and O–H groups in total. The average molecular weight is 334 g/mol. The monoisotopic (exact) mass is 334 g/mol. The number of pyridine rings is 1. The molecule has 3 rings (SSSR count). The van der Waals surface area contributed by atoms with E-state index >= 15 is 0 Å². The summed E-state index contributed by atoms with van der Waals surface area (Å²) in [5.41, 5.74) is 3.39. The normalized spacial score (nSPS) is 10.7. The van der Waals surface area contributed by atoms with Gasteiger partial charge in [-0.1, -0.05) is 38.1 Å². The van der Waals surface area contributed by atoms with Gasteiger partial charge in [0.05, 0.1) is 0 Å². The van der Waals surface area contributed by atoms with Gasteiger partial charge < -0.3 is 5.32 Å². The number of benzene rings is 2. The van der Waals surface area contributed by atoms with Crippen LogP contribution in [0.15, 0.2) is 66.9 Å². The zero-order valence-corrected chi connectivity index (χ0v) is 14.2. The van der Waals surface area contributed by atoms with Crippen LogP contribution in [0.3, 0.4) is 0 Å². The van der Waals surface area contributed by atoms with Gasteiger partial charge >= 0.3 is 0 Å². The quantitative estimate of drug-likeness (QED) is 0.707. The van der Waals surface area contributed by atoms with Crippen molar-refractivity contribution in [1.29, 1.82) is 0 Å². The standard InChI is InChI=1S/C21H19FN2O/c1-14(2)15-9-11-18(12-10-15)24-21(25)17-7-5-16(6-8-17)20-19(22)4-3-13-23-20/h3-14H,1-2H3,(H,24,25). The molecule has 25 heavy (non-hydrogen) atoms. The van der Waals surface area contributed by atoms with Crippen LogP contribution in [-0.4, -0.2) is 10.9 Å². The van der Waals surface area contributed by atoms with Crippen molar-refractivity contribution in [3.63, 3.8) is 0 Å². The summed E-state index contributed by atoms with van der Waals surface area (Å²) in [6, 6.07) is 17.4. The molecule has 126 valence electrons. The third-order valence-electron chi connectivity index (χ3n) is 4.01. The van der Waals surface area contributed by atoms with Gasteiger partial charge in [-0.05, 0) is 47.9 Å². The Morgan fingerprint density at radius 1 is 1.00 bits per heavy atom. The number of hydrogen-bond donors (Lipinski definition) is 1. The van der Waals surface area contributed by atoms with Crippen molar-refractivity contribution in [1.82, 2.24) is 4.98 Å². The van der Waals surface area contributed by atoms with Crippen LogP contribution in [0, 0.1) is 5.82 Å². The molecule has 0 aliphatic rings. The second kappa shape index (κ2) is 7.26. The van der Waals surface area contributed by atoms with Crippen LogP contribution in [0.25, 0.3) is 11.3 Å². The molecule has 3 nitrogen and oxygen atoms in total. The number of nitrogens with zero attached hydrogens (tertiary/aromatic N) is 1. The lowest BCUT2D eigenvalue weighted by molar-refractivity contribution is 0.102. The number of aromatic nitrogens is 1. The molecule has 0 aliphatic carbocycles. The molecule has 3 aromatic rings. The lowest BCUT2D eigenvalue weighted by atomic mass is 10.0. The maximum absolute atomic E-state index is 13.8. The molecule has 0 saturated carbocycles. The van der Waals surface area contributed by atoms with Gasteiger partial charge in [-0.3, -0.25) is 9.78 Å². The van der Waals surface area contributed by atoms with E-state index in [1.807, 2.05) is 24.3 Å². The molecular weight excluding hydrogens is 315 g/mol. The molecule has 0 radical (unpaired) electrons. The summed E-state index contributed by atoms with van der Waals surface area (Å²) < 4.78 is 13.8. The van der Waals surface area contributed by atoms with Crippen molar-refractivity contribution in [2.75, 3.05) is 5.32 Å². The first-order valence-electron chi connectivity index (χ1n) is 8.17. The maximum atomic E-state index is 13.8. The zero-order valence-electron chi connectivity index (χ0n) is 14.2. The van der Waals surface area contributed by atoms with Crippen LogP contribution < -0.4 is 5.32 Å². The van der Waals surface area contributed by atoms with Gasteiger partial charge in [0.2, 0.25) is 0 Å². The molecule has 0 bridgehead atoms. The third-order valence-corrected chi connectivity index (χ3v) is 4.01. The van der Waals surface area contributed by atoms with E-state index in [9.17, 15) is 9.18 Å². The number of nitrogens with one attached hydrogen (secondary N) is 1. The lowest BCUT2D eigenvalue weighted by Crippen LogP contribution is -2.11. The van der Waals surface area contributed by atoms with Gasteiger partial charge in [0.25, 0.3) is 5.91 Å². The molecule has 0 fully saturated rings. The summed E-state index contributed by atoms with van der Waals surface area (Å²) in [4.78, 5) is 16.4. The van der Waals surface area contributed by atoms with Crippen molar-refractivity contribution >= 4 is 11.6 Å². The van der Waals surface area contributed by atoms with E-state index in [-0.39, 0.29) is 17.4 Å². The molecule has 0 saturated heterocycles. The van der Waals surface area contributed by atoms with Crippen LogP contribution in [0.5, 0.6) is 0 Å². The molecule has 1 aromatic heterocycles. The maximum Gasteiger partial charge on any atom is 0.255 e. The van der Waals surface area contributed by atoms with Gasteiger partial charge in [-0.15, -0.1) is 0 Å². The molecule has 4 heteroatoms. The van der Waals surface area contributed by atoms with Gasteiger partial charge in [0.15, 0.2) is 0 Å². The van der Waals surface area contributed by atoms with E-state index in [1.54, 1.807) is 36.5 Å². The second-order valence-electron chi connectivity index (χ2n) is 6.14. The van der Waals surface area contributed by atoms with Crippen LogP contribution in [0.1, 0.15) is 35.7 Å². The topological polar surface area (TPSA) is 42.0 Å². The number of amides is 1. The molecule has 0 atom stereocenters. The van der Waals surface area contributed by atoms with Crippen LogP contribution >= 0.6 is 0 Å². The Hall–Kier alpha value is -3.01. The van der Waals surface area contributed by atoms with Crippen molar-refractivity contribution in [2.45, 2.75) is 19.8 Å². The minimum absolute atomic E-state index is 0.203. The van der Waals surface area contributed by atoms with E-state index in [2.05, 4.69) is 24.1 Å². The minimum Gasteiger partial charge on any atom is -0.322 e. The highest BCUT2D eigenvalue weighted by atomic mass is 19.1. The Kier molecular flexibility index (Phi) is 4.89. The molecular formula is C21H19FN2O. The van der Waals surface area contributed by atoms with Gasteiger partial charge in [-0.2, -0.15) is 0 Å². The largest absolute Gasteiger partial charge is 0.322 e. The van der Waals surface area contributed by atoms with E-state index in [0.29, 0.717) is 17.0 Å². The van der Waals surface area contributed by atoms with Gasteiger partial charge in [0, 0.05) is 23.0 Å². The molecule has 1 heterocycles. The summed E-state index contributed by atoms with van der Waals surface area (Å²) in [5, 5.41) is 2.87. The molecule has 0 spiro atoms. The predicted molar refractivity (Wildman–Crippen MR) is 98.1 cm³/mol. The van der Waals surface area contributed by atoms with Crippen molar-refractivity contribution in [3.05, 3.63) is 83.8 Å². The van der Waals surface area contributed by atoms with Crippen LogP contribution in [-0.2, 0) is 0 Å².